The van der Waals surface area contributed by atoms with Crippen LogP contribution < -0.4 is 5.32 Å². The molecule has 0 amide bonds. The zero-order chi connectivity index (χ0) is 18.2. The molecule has 1 aromatic carbocycles. The van der Waals surface area contributed by atoms with Crippen molar-refractivity contribution in [1.82, 2.24) is 5.32 Å². The maximum Gasteiger partial charge on any atom is 0.336 e. The molecule has 1 aromatic rings. The van der Waals surface area contributed by atoms with Gasteiger partial charge in [-0.05, 0) is 30.7 Å². The van der Waals surface area contributed by atoms with Gasteiger partial charge in [0.05, 0.1) is 12.7 Å². The molecular weight excluding hydrogens is 314 g/mol. The minimum Gasteiger partial charge on any atom is -0.466 e. The van der Waals surface area contributed by atoms with Gasteiger partial charge in [0, 0.05) is 29.3 Å². The van der Waals surface area contributed by atoms with Crippen LogP contribution in [-0.2, 0) is 20.7 Å². The first-order chi connectivity index (χ1) is 11.8. The lowest BCUT2D eigenvalue weighted by Gasteiger charge is -2.39. The van der Waals surface area contributed by atoms with Crippen LogP contribution in [0.4, 0.5) is 0 Å². The first-order valence-electron chi connectivity index (χ1n) is 8.68. The Balaban J connectivity index is 2.07. The Morgan fingerprint density at radius 3 is 2.56 bits per heavy atom. The van der Waals surface area contributed by atoms with Gasteiger partial charge in [0.2, 0.25) is 0 Å². The van der Waals surface area contributed by atoms with Crippen LogP contribution in [0, 0.1) is 11.3 Å². The summed E-state index contributed by atoms with van der Waals surface area (Å²) in [6.45, 7) is 6.11. The van der Waals surface area contributed by atoms with Crippen molar-refractivity contribution in [3.63, 3.8) is 0 Å². The van der Waals surface area contributed by atoms with Crippen LogP contribution in [0.3, 0.4) is 0 Å². The number of allylic oxidation sites excluding steroid dienone is 3. The number of esters is 1. The second-order valence-electron chi connectivity index (χ2n) is 7.73. The first kappa shape index (κ1) is 17.5. The number of dihydropyridines is 1. The number of nitrogens with one attached hydrogen (secondary N) is 1. The van der Waals surface area contributed by atoms with E-state index >= 15 is 0 Å². The number of benzene rings is 1. The van der Waals surface area contributed by atoms with Crippen LogP contribution in [-0.4, -0.2) is 18.9 Å². The van der Waals surface area contributed by atoms with E-state index < -0.39 is 0 Å². The van der Waals surface area contributed by atoms with Crippen LogP contribution in [0.2, 0.25) is 0 Å². The number of hydrogen-bond acceptors (Lipinski definition) is 4. The van der Waals surface area contributed by atoms with E-state index in [9.17, 15) is 9.59 Å². The van der Waals surface area contributed by atoms with E-state index in [1.54, 1.807) is 0 Å². The predicted molar refractivity (Wildman–Crippen MR) is 96.5 cm³/mol. The molecule has 1 N–H and O–H groups in total. The van der Waals surface area contributed by atoms with Crippen LogP contribution in [0.1, 0.15) is 39.2 Å². The van der Waals surface area contributed by atoms with Gasteiger partial charge in [0.25, 0.3) is 0 Å². The second kappa shape index (κ2) is 6.51. The molecule has 132 valence electrons. The molecule has 3 rings (SSSR count). The van der Waals surface area contributed by atoms with Crippen molar-refractivity contribution in [2.45, 2.75) is 40.0 Å². The van der Waals surface area contributed by atoms with Gasteiger partial charge in [-0.25, -0.2) is 4.79 Å². The minimum absolute atomic E-state index is 0.0662. The van der Waals surface area contributed by atoms with Gasteiger partial charge in [-0.3, -0.25) is 4.79 Å². The topological polar surface area (TPSA) is 55.4 Å². The Hall–Kier alpha value is -2.36. The number of hydrogen-bond donors (Lipinski definition) is 1. The fourth-order valence-electron chi connectivity index (χ4n) is 4.01. The van der Waals surface area contributed by atoms with Crippen LogP contribution in [0.5, 0.6) is 0 Å². The number of Topliss-reactive ketones (excluding diaryl/α,β-unsaturated/α-hetero) is 1. The highest BCUT2D eigenvalue weighted by Crippen LogP contribution is 2.43. The molecule has 1 aliphatic carbocycles. The normalized spacial score (nSPS) is 22.4. The largest absolute Gasteiger partial charge is 0.466 e. The van der Waals surface area contributed by atoms with E-state index in [1.807, 2.05) is 37.3 Å². The Morgan fingerprint density at radius 1 is 1.24 bits per heavy atom. The highest BCUT2D eigenvalue weighted by molar-refractivity contribution is 6.02. The molecule has 2 aliphatic rings. The molecule has 0 radical (unpaired) electrons. The first-order valence-corrected chi connectivity index (χ1v) is 8.68. The van der Waals surface area contributed by atoms with E-state index in [-0.39, 0.29) is 23.1 Å². The number of carbonyl (C=O) groups is 2. The molecule has 0 spiro atoms. The zero-order valence-corrected chi connectivity index (χ0v) is 15.3. The number of rotatable bonds is 3. The van der Waals surface area contributed by atoms with Crippen LogP contribution >= 0.6 is 0 Å². The molecule has 4 nitrogen and oxygen atoms in total. The Bertz CT molecular complexity index is 772. The fourth-order valence-corrected chi connectivity index (χ4v) is 4.01. The summed E-state index contributed by atoms with van der Waals surface area (Å²) in [6.07, 6.45) is 1.94. The third-order valence-electron chi connectivity index (χ3n) is 5.05. The van der Waals surface area contributed by atoms with Crippen molar-refractivity contribution in [2.75, 3.05) is 7.11 Å². The molecular formula is C21H25NO3. The van der Waals surface area contributed by atoms with Crippen molar-refractivity contribution < 1.29 is 14.3 Å². The monoisotopic (exact) mass is 339 g/mol. The SMILES string of the molecule is COC(=O)C1=C(C)NC2=C(C(=O)CC(C)(C)C2)[C@@H]1Cc1ccccc1. The quantitative estimate of drug-likeness (QED) is 0.856. The lowest BCUT2D eigenvalue weighted by Crippen LogP contribution is -2.40. The number of methoxy groups -OCH3 is 1. The molecule has 1 heterocycles. The summed E-state index contributed by atoms with van der Waals surface area (Å²) in [5, 5.41) is 3.32. The number of carbonyl (C=O) groups excluding carboxylic acids is 2. The van der Waals surface area contributed by atoms with Crippen molar-refractivity contribution in [3.05, 3.63) is 58.4 Å². The molecule has 1 aliphatic heterocycles. The van der Waals surface area contributed by atoms with Crippen molar-refractivity contribution in [2.24, 2.45) is 11.3 Å². The summed E-state index contributed by atoms with van der Waals surface area (Å²) < 4.78 is 5.01. The molecule has 25 heavy (non-hydrogen) atoms. The minimum atomic E-state index is -0.366. The average Bonchev–Trinajstić information content (AvgIpc) is 2.53. The predicted octanol–water partition coefficient (Wildman–Crippen LogP) is 3.54. The van der Waals surface area contributed by atoms with Gasteiger partial charge in [-0.15, -0.1) is 0 Å². The fraction of sp³-hybridized carbons (Fsp3) is 0.429. The van der Waals surface area contributed by atoms with E-state index in [4.69, 9.17) is 4.74 Å². The third kappa shape index (κ3) is 3.39. The van der Waals surface area contributed by atoms with Crippen molar-refractivity contribution in [3.8, 4) is 0 Å². The summed E-state index contributed by atoms with van der Waals surface area (Å²) in [6, 6.07) is 9.98. The molecule has 1 atom stereocenters. The van der Waals surface area contributed by atoms with E-state index in [0.717, 1.165) is 29.0 Å². The Labute approximate surface area is 149 Å². The van der Waals surface area contributed by atoms with Gasteiger partial charge in [-0.2, -0.15) is 0 Å². The van der Waals surface area contributed by atoms with Crippen LogP contribution in [0.25, 0.3) is 0 Å². The van der Waals surface area contributed by atoms with Crippen LogP contribution in [0.15, 0.2) is 52.9 Å². The summed E-state index contributed by atoms with van der Waals surface area (Å²) in [5.41, 5.74) is 4.12. The van der Waals surface area contributed by atoms with E-state index in [2.05, 4.69) is 19.2 Å². The van der Waals surface area contributed by atoms with Gasteiger partial charge in [0.1, 0.15) is 0 Å². The second-order valence-corrected chi connectivity index (χ2v) is 7.73. The van der Waals surface area contributed by atoms with Gasteiger partial charge in [-0.1, -0.05) is 44.2 Å². The Morgan fingerprint density at radius 2 is 1.92 bits per heavy atom. The standard InChI is InChI=1S/C21H25NO3/c1-13-18(20(24)25-4)15(10-14-8-6-5-7-9-14)19-16(22-13)11-21(2,3)12-17(19)23/h5-9,15,22H,10-12H2,1-4H3/t15-/m1/s1. The van der Waals surface area contributed by atoms with E-state index in [0.29, 0.717) is 18.4 Å². The lowest BCUT2D eigenvalue weighted by molar-refractivity contribution is -0.136. The summed E-state index contributed by atoms with van der Waals surface area (Å²) in [5.74, 6) is -0.488. The highest BCUT2D eigenvalue weighted by atomic mass is 16.5. The van der Waals surface area contributed by atoms with Gasteiger partial charge < -0.3 is 10.1 Å². The van der Waals surface area contributed by atoms with Gasteiger partial charge in [0.15, 0.2) is 5.78 Å². The summed E-state index contributed by atoms with van der Waals surface area (Å²) in [4.78, 5) is 25.4. The molecule has 0 unspecified atom stereocenters. The molecule has 0 bridgehead atoms. The molecule has 0 saturated heterocycles. The summed E-state index contributed by atoms with van der Waals surface area (Å²) >= 11 is 0. The average molecular weight is 339 g/mol. The third-order valence-corrected chi connectivity index (χ3v) is 5.05. The molecule has 0 fully saturated rings. The number of ether oxygens (including phenoxy) is 1. The smallest absolute Gasteiger partial charge is 0.336 e. The highest BCUT2D eigenvalue weighted by Gasteiger charge is 2.42. The molecule has 0 saturated carbocycles. The van der Waals surface area contributed by atoms with E-state index in [1.165, 1.54) is 7.11 Å². The van der Waals surface area contributed by atoms with Crippen molar-refractivity contribution >= 4 is 11.8 Å². The Kier molecular flexibility index (Phi) is 4.55. The lowest BCUT2D eigenvalue weighted by atomic mass is 9.69. The maximum atomic E-state index is 12.9. The van der Waals surface area contributed by atoms with Gasteiger partial charge >= 0.3 is 5.97 Å². The molecule has 0 aromatic heterocycles. The molecule has 4 heteroatoms. The zero-order valence-electron chi connectivity index (χ0n) is 15.3. The van der Waals surface area contributed by atoms with Crippen molar-refractivity contribution in [1.29, 1.82) is 0 Å². The summed E-state index contributed by atoms with van der Waals surface area (Å²) in [7, 11) is 1.39. The maximum absolute atomic E-state index is 12.9. The number of ketones is 1.